The van der Waals surface area contributed by atoms with Crippen LogP contribution in [0.5, 0.6) is 0 Å². The molecule has 0 fully saturated rings. The van der Waals surface area contributed by atoms with Crippen LogP contribution in [0.25, 0.3) is 10.2 Å². The number of fused-ring (bicyclic) bond motifs is 1. The number of hydrogen-bond acceptors (Lipinski definition) is 8. The maximum atomic E-state index is 12.4. The van der Waals surface area contributed by atoms with Crippen molar-refractivity contribution in [1.29, 1.82) is 0 Å². The molecule has 0 atom stereocenters. The second-order valence-corrected chi connectivity index (χ2v) is 9.20. The van der Waals surface area contributed by atoms with Crippen LogP contribution in [0, 0.1) is 0 Å². The number of benzene rings is 1. The zero-order valence-corrected chi connectivity index (χ0v) is 18.7. The van der Waals surface area contributed by atoms with E-state index in [9.17, 15) is 9.59 Å². The third-order valence-corrected chi connectivity index (χ3v) is 6.92. The first-order valence-electron chi connectivity index (χ1n) is 9.27. The topological polar surface area (TPSA) is 102 Å². The Morgan fingerprint density at radius 2 is 2.06 bits per heavy atom. The molecule has 3 aromatic heterocycles. The summed E-state index contributed by atoms with van der Waals surface area (Å²) in [6, 6.07) is 11.3. The number of nitrogens with one attached hydrogen (secondary N) is 2. The van der Waals surface area contributed by atoms with Crippen molar-refractivity contribution in [3.05, 3.63) is 65.1 Å². The molecule has 0 unspecified atom stereocenters. The van der Waals surface area contributed by atoms with Gasteiger partial charge in [-0.1, -0.05) is 47.4 Å². The minimum Gasteiger partial charge on any atom is -0.344 e. The normalized spacial score (nSPS) is 10.8. The van der Waals surface area contributed by atoms with E-state index in [2.05, 4.69) is 32.4 Å². The van der Waals surface area contributed by atoms with Crippen LogP contribution >= 0.6 is 34.4 Å². The first-order valence-corrected chi connectivity index (χ1v) is 11.9. The van der Waals surface area contributed by atoms with E-state index in [4.69, 9.17) is 0 Å². The molecule has 11 heteroatoms. The Bertz CT molecular complexity index is 1180. The Hall–Kier alpha value is -3.02. The summed E-state index contributed by atoms with van der Waals surface area (Å²) in [6.45, 7) is 4.47. The number of hydrogen-bond donors (Lipinski definition) is 2. The zero-order valence-electron chi connectivity index (χ0n) is 16.3. The molecule has 3 heterocycles. The summed E-state index contributed by atoms with van der Waals surface area (Å²) in [5, 5.41) is 17.0. The van der Waals surface area contributed by atoms with Crippen molar-refractivity contribution >= 4 is 61.6 Å². The number of anilines is 1. The third-order valence-electron chi connectivity index (χ3n) is 4.13. The van der Waals surface area contributed by atoms with Crippen LogP contribution in [0.1, 0.15) is 15.5 Å². The van der Waals surface area contributed by atoms with Crippen LogP contribution in [0.4, 0.5) is 5.13 Å². The Kier molecular flexibility index (Phi) is 6.75. The molecule has 158 valence electrons. The predicted octanol–water partition coefficient (Wildman–Crippen LogP) is 3.80. The molecule has 2 amide bonds. The molecule has 0 aliphatic rings. The van der Waals surface area contributed by atoms with Gasteiger partial charge < -0.3 is 15.2 Å². The molecule has 0 aliphatic carbocycles. The lowest BCUT2D eigenvalue weighted by Crippen LogP contribution is -2.24. The van der Waals surface area contributed by atoms with Gasteiger partial charge in [-0.2, -0.15) is 0 Å². The van der Waals surface area contributed by atoms with Crippen molar-refractivity contribution in [2.24, 2.45) is 0 Å². The number of carbonyl (C=O) groups excluding carboxylic acids is 2. The number of thiazole rings is 1. The van der Waals surface area contributed by atoms with Gasteiger partial charge in [0.2, 0.25) is 5.91 Å². The highest BCUT2D eigenvalue weighted by Gasteiger charge is 2.16. The minimum absolute atomic E-state index is 0.159. The third kappa shape index (κ3) is 5.19. The summed E-state index contributed by atoms with van der Waals surface area (Å²) < 4.78 is 2.85. The Morgan fingerprint density at radius 1 is 1.19 bits per heavy atom. The van der Waals surface area contributed by atoms with Gasteiger partial charge in [0.15, 0.2) is 16.1 Å². The molecule has 8 nitrogen and oxygen atoms in total. The fraction of sp³-hybridized carbons (Fsp3) is 0.150. The van der Waals surface area contributed by atoms with E-state index in [0.29, 0.717) is 27.5 Å². The lowest BCUT2D eigenvalue weighted by atomic mass is 10.3. The largest absolute Gasteiger partial charge is 0.344 e. The van der Waals surface area contributed by atoms with Gasteiger partial charge in [-0.25, -0.2) is 4.98 Å². The predicted molar refractivity (Wildman–Crippen MR) is 125 cm³/mol. The number of rotatable bonds is 9. The molecule has 0 saturated heterocycles. The van der Waals surface area contributed by atoms with Crippen molar-refractivity contribution in [2.75, 3.05) is 11.1 Å². The Balaban J connectivity index is 1.36. The van der Waals surface area contributed by atoms with Crippen LogP contribution < -0.4 is 10.6 Å². The first kappa shape index (κ1) is 21.2. The molecule has 4 aromatic rings. The number of carbonyl (C=O) groups is 2. The van der Waals surface area contributed by atoms with Gasteiger partial charge in [0.05, 0.1) is 27.4 Å². The second kappa shape index (κ2) is 9.86. The van der Waals surface area contributed by atoms with Gasteiger partial charge in [0.25, 0.3) is 5.91 Å². The number of para-hydroxylation sites is 1. The van der Waals surface area contributed by atoms with E-state index in [1.165, 1.54) is 34.4 Å². The number of nitrogens with zero attached hydrogens (tertiary/aromatic N) is 4. The Labute approximate surface area is 190 Å². The van der Waals surface area contributed by atoms with Gasteiger partial charge in [0, 0.05) is 6.54 Å². The van der Waals surface area contributed by atoms with Crippen molar-refractivity contribution in [3.63, 3.8) is 0 Å². The number of thiophene rings is 1. The number of thioether (sulfide) groups is 1. The maximum Gasteiger partial charge on any atom is 0.261 e. The maximum absolute atomic E-state index is 12.4. The highest BCUT2D eigenvalue weighted by molar-refractivity contribution is 7.99. The van der Waals surface area contributed by atoms with Gasteiger partial charge >= 0.3 is 0 Å². The van der Waals surface area contributed by atoms with Gasteiger partial charge in [-0.3, -0.25) is 9.59 Å². The summed E-state index contributed by atoms with van der Waals surface area (Å²) in [5.74, 6) is 0.420. The second-order valence-electron chi connectivity index (χ2n) is 6.28. The first-order chi connectivity index (χ1) is 15.1. The lowest BCUT2D eigenvalue weighted by molar-refractivity contribution is -0.113. The molecule has 0 aliphatic heterocycles. The van der Waals surface area contributed by atoms with E-state index < -0.39 is 0 Å². The fourth-order valence-electron chi connectivity index (χ4n) is 2.73. The molecular weight excluding hydrogens is 452 g/mol. The van der Waals surface area contributed by atoms with E-state index in [-0.39, 0.29) is 24.1 Å². The van der Waals surface area contributed by atoms with Crippen LogP contribution in [0.15, 0.2) is 59.6 Å². The van der Waals surface area contributed by atoms with Crippen molar-refractivity contribution in [3.8, 4) is 0 Å². The van der Waals surface area contributed by atoms with Gasteiger partial charge in [-0.15, -0.1) is 28.1 Å². The van der Waals surface area contributed by atoms with Crippen molar-refractivity contribution < 1.29 is 9.59 Å². The quantitative estimate of drug-likeness (QED) is 0.285. The SMILES string of the molecule is C=CCn1c(CNC(=O)c2cccs2)nnc1SCC(=O)Nc1nc2ccccc2s1. The molecule has 4 rings (SSSR count). The summed E-state index contributed by atoms with van der Waals surface area (Å²) >= 11 is 4.08. The van der Waals surface area contributed by atoms with Gasteiger partial charge in [0.1, 0.15) is 0 Å². The summed E-state index contributed by atoms with van der Waals surface area (Å²) in [5.41, 5.74) is 0.857. The van der Waals surface area contributed by atoms with Gasteiger partial charge in [-0.05, 0) is 23.6 Å². The molecule has 0 radical (unpaired) electrons. The summed E-state index contributed by atoms with van der Waals surface area (Å²) in [4.78, 5) is 29.6. The highest BCUT2D eigenvalue weighted by Crippen LogP contribution is 2.26. The standard InChI is InChI=1S/C20H18N6O2S3/c1-2-9-26-16(11-21-18(28)15-8-5-10-29-15)24-25-20(26)30-12-17(27)23-19-22-13-6-3-4-7-14(13)31-19/h2-8,10H,1,9,11-12H2,(H,21,28)(H,22,23,27). The van der Waals surface area contributed by atoms with E-state index in [1.807, 2.05) is 40.3 Å². The number of aromatic nitrogens is 4. The van der Waals surface area contributed by atoms with Crippen molar-refractivity contribution in [2.45, 2.75) is 18.2 Å². The van der Waals surface area contributed by atoms with Crippen LogP contribution in [0.2, 0.25) is 0 Å². The van der Waals surface area contributed by atoms with Crippen LogP contribution in [0.3, 0.4) is 0 Å². The fourth-order valence-corrected chi connectivity index (χ4v) is 5.02. The monoisotopic (exact) mass is 470 g/mol. The average Bonchev–Trinajstić information content (AvgIpc) is 3.51. The number of amides is 2. The van der Waals surface area contributed by atoms with Crippen molar-refractivity contribution in [1.82, 2.24) is 25.1 Å². The molecule has 2 N–H and O–H groups in total. The number of allylic oxidation sites excluding steroid dienone is 1. The molecule has 31 heavy (non-hydrogen) atoms. The smallest absolute Gasteiger partial charge is 0.261 e. The van der Waals surface area contributed by atoms with Crippen LogP contribution in [-0.4, -0.2) is 37.3 Å². The summed E-state index contributed by atoms with van der Waals surface area (Å²) in [7, 11) is 0. The molecular formula is C20H18N6O2S3. The van der Waals surface area contributed by atoms with E-state index >= 15 is 0 Å². The Morgan fingerprint density at radius 3 is 2.84 bits per heavy atom. The molecule has 0 bridgehead atoms. The molecule has 0 saturated carbocycles. The highest BCUT2D eigenvalue weighted by atomic mass is 32.2. The molecule has 1 aromatic carbocycles. The van der Waals surface area contributed by atoms with E-state index in [0.717, 1.165) is 10.2 Å². The van der Waals surface area contributed by atoms with E-state index in [1.54, 1.807) is 12.1 Å². The van der Waals surface area contributed by atoms with Crippen LogP contribution in [-0.2, 0) is 17.9 Å². The average molecular weight is 471 g/mol. The summed E-state index contributed by atoms with van der Waals surface area (Å²) in [6.07, 6.45) is 1.72. The zero-order chi connectivity index (χ0) is 21.6. The molecule has 0 spiro atoms. The lowest BCUT2D eigenvalue weighted by Gasteiger charge is -2.08. The minimum atomic E-state index is -0.176.